The summed E-state index contributed by atoms with van der Waals surface area (Å²) in [5.74, 6) is 1.19. The summed E-state index contributed by atoms with van der Waals surface area (Å²) in [6, 6.07) is 11.5. The molecule has 0 spiro atoms. The van der Waals surface area contributed by atoms with Gasteiger partial charge in [-0.1, -0.05) is 28.1 Å². The van der Waals surface area contributed by atoms with Gasteiger partial charge in [0.25, 0.3) is 0 Å². The first-order valence-electron chi connectivity index (χ1n) is 6.41. The first-order valence-corrected chi connectivity index (χ1v) is 7.58. The molecule has 0 atom stereocenters. The number of hydrogen-bond acceptors (Lipinski definition) is 3. The maximum Gasteiger partial charge on any atom is 0.231 e. The van der Waals surface area contributed by atoms with Crippen LogP contribution in [0.5, 0.6) is 11.6 Å². The van der Waals surface area contributed by atoms with Crippen molar-refractivity contribution < 1.29 is 4.74 Å². The van der Waals surface area contributed by atoms with Gasteiger partial charge in [0.1, 0.15) is 5.75 Å². The molecule has 0 N–H and O–H groups in total. The lowest BCUT2D eigenvalue weighted by Crippen LogP contribution is -1.94. The van der Waals surface area contributed by atoms with E-state index in [1.807, 2.05) is 50.2 Å². The molecular weight excluding hydrogens is 352 g/mol. The van der Waals surface area contributed by atoms with Crippen LogP contribution in [0.15, 0.2) is 40.9 Å². The number of hydrogen-bond donors (Lipinski definition) is 0. The van der Waals surface area contributed by atoms with E-state index in [0.717, 1.165) is 32.3 Å². The van der Waals surface area contributed by atoms with Crippen LogP contribution in [-0.4, -0.2) is 9.97 Å². The molecule has 3 aromatic rings. The molecule has 3 nitrogen and oxygen atoms in total. The SMILES string of the molecule is Cc1cc(Oc2nc(Cl)nc3ccccc23)cc(C)c1Br. The highest BCUT2D eigenvalue weighted by Gasteiger charge is 2.10. The van der Waals surface area contributed by atoms with Crippen molar-refractivity contribution in [2.75, 3.05) is 0 Å². The Kier molecular flexibility index (Phi) is 3.83. The molecule has 0 saturated carbocycles. The minimum Gasteiger partial charge on any atom is -0.438 e. The first-order chi connectivity index (χ1) is 10.0. The van der Waals surface area contributed by atoms with Gasteiger partial charge in [0, 0.05) is 4.47 Å². The smallest absolute Gasteiger partial charge is 0.231 e. The number of nitrogens with zero attached hydrogens (tertiary/aromatic N) is 2. The van der Waals surface area contributed by atoms with Crippen molar-refractivity contribution >= 4 is 38.4 Å². The monoisotopic (exact) mass is 362 g/mol. The van der Waals surface area contributed by atoms with Gasteiger partial charge in [-0.2, -0.15) is 4.98 Å². The molecule has 0 radical (unpaired) electrons. The summed E-state index contributed by atoms with van der Waals surface area (Å²) in [4.78, 5) is 8.39. The molecule has 0 saturated heterocycles. The van der Waals surface area contributed by atoms with E-state index < -0.39 is 0 Å². The summed E-state index contributed by atoms with van der Waals surface area (Å²) in [6.45, 7) is 4.05. The zero-order valence-corrected chi connectivity index (χ0v) is 13.9. The zero-order chi connectivity index (χ0) is 15.0. The molecule has 0 fully saturated rings. The maximum absolute atomic E-state index is 5.97. The molecule has 21 heavy (non-hydrogen) atoms. The van der Waals surface area contributed by atoms with Crippen molar-refractivity contribution in [1.82, 2.24) is 9.97 Å². The van der Waals surface area contributed by atoms with Gasteiger partial charge in [-0.3, -0.25) is 0 Å². The summed E-state index contributed by atoms with van der Waals surface area (Å²) in [5, 5.41) is 1.01. The Hall–Kier alpha value is -1.65. The molecule has 1 aromatic heterocycles. The third-order valence-corrected chi connectivity index (χ3v) is 4.59. The van der Waals surface area contributed by atoms with Crippen molar-refractivity contribution in [3.05, 3.63) is 57.3 Å². The average molecular weight is 364 g/mol. The second-order valence-corrected chi connectivity index (χ2v) is 5.92. The Morgan fingerprint density at radius 1 is 1.05 bits per heavy atom. The minimum absolute atomic E-state index is 0.175. The number of para-hydroxylation sites is 1. The van der Waals surface area contributed by atoms with Crippen LogP contribution in [0, 0.1) is 13.8 Å². The van der Waals surface area contributed by atoms with E-state index in [1.165, 1.54) is 0 Å². The van der Waals surface area contributed by atoms with Crippen LogP contribution >= 0.6 is 27.5 Å². The number of benzene rings is 2. The topological polar surface area (TPSA) is 35.0 Å². The molecule has 0 amide bonds. The molecular formula is C16H12BrClN2O. The second-order valence-electron chi connectivity index (χ2n) is 4.79. The lowest BCUT2D eigenvalue weighted by molar-refractivity contribution is 0.467. The summed E-state index contributed by atoms with van der Waals surface area (Å²) in [7, 11) is 0. The summed E-state index contributed by atoms with van der Waals surface area (Å²) in [5.41, 5.74) is 2.97. The van der Waals surface area contributed by atoms with Gasteiger partial charge in [0.2, 0.25) is 11.2 Å². The number of fused-ring (bicyclic) bond motifs is 1. The van der Waals surface area contributed by atoms with E-state index in [2.05, 4.69) is 25.9 Å². The van der Waals surface area contributed by atoms with Gasteiger partial charge in [-0.25, -0.2) is 4.98 Å². The quantitative estimate of drug-likeness (QED) is 0.567. The first kappa shape index (κ1) is 14.3. The van der Waals surface area contributed by atoms with E-state index in [4.69, 9.17) is 16.3 Å². The third-order valence-electron chi connectivity index (χ3n) is 3.17. The van der Waals surface area contributed by atoms with E-state index >= 15 is 0 Å². The fourth-order valence-electron chi connectivity index (χ4n) is 2.17. The molecule has 106 valence electrons. The number of aryl methyl sites for hydroxylation is 2. The molecule has 5 heteroatoms. The van der Waals surface area contributed by atoms with E-state index in [1.54, 1.807) is 0 Å². The molecule has 0 aliphatic rings. The molecule has 0 aliphatic heterocycles. The fraction of sp³-hybridized carbons (Fsp3) is 0.125. The van der Waals surface area contributed by atoms with Gasteiger partial charge < -0.3 is 4.74 Å². The highest BCUT2D eigenvalue weighted by Crippen LogP contribution is 2.32. The van der Waals surface area contributed by atoms with E-state index in [0.29, 0.717) is 5.88 Å². The van der Waals surface area contributed by atoms with Gasteiger partial charge in [0.15, 0.2) is 0 Å². The Morgan fingerprint density at radius 3 is 2.43 bits per heavy atom. The molecule has 0 bridgehead atoms. The van der Waals surface area contributed by atoms with Crippen LogP contribution in [-0.2, 0) is 0 Å². The lowest BCUT2D eigenvalue weighted by Gasteiger charge is -2.11. The molecule has 2 aromatic carbocycles. The van der Waals surface area contributed by atoms with Crippen molar-refractivity contribution in [2.45, 2.75) is 13.8 Å². The number of ether oxygens (including phenoxy) is 1. The lowest BCUT2D eigenvalue weighted by atomic mass is 10.1. The summed E-state index contributed by atoms with van der Waals surface area (Å²) < 4.78 is 7.02. The Labute approximate surface area is 136 Å². The van der Waals surface area contributed by atoms with Crippen LogP contribution in [0.3, 0.4) is 0 Å². The minimum atomic E-state index is 0.175. The molecule has 0 aliphatic carbocycles. The van der Waals surface area contributed by atoms with Gasteiger partial charge in [-0.15, -0.1) is 0 Å². The largest absolute Gasteiger partial charge is 0.438 e. The zero-order valence-electron chi connectivity index (χ0n) is 11.5. The van der Waals surface area contributed by atoms with Crippen LogP contribution < -0.4 is 4.74 Å². The van der Waals surface area contributed by atoms with Gasteiger partial charge in [-0.05, 0) is 60.8 Å². The molecule has 1 heterocycles. The number of rotatable bonds is 2. The predicted octanol–water partition coefficient (Wildman–Crippen LogP) is 5.45. The highest BCUT2D eigenvalue weighted by atomic mass is 79.9. The van der Waals surface area contributed by atoms with Crippen LogP contribution in [0.25, 0.3) is 10.9 Å². The Morgan fingerprint density at radius 2 is 1.71 bits per heavy atom. The van der Waals surface area contributed by atoms with Crippen LogP contribution in [0.1, 0.15) is 11.1 Å². The van der Waals surface area contributed by atoms with E-state index in [9.17, 15) is 0 Å². The summed E-state index contributed by atoms with van der Waals surface area (Å²) >= 11 is 9.52. The average Bonchev–Trinajstić information content (AvgIpc) is 2.44. The summed E-state index contributed by atoms with van der Waals surface area (Å²) in [6.07, 6.45) is 0. The number of halogens is 2. The predicted molar refractivity (Wildman–Crippen MR) is 88.2 cm³/mol. The van der Waals surface area contributed by atoms with Gasteiger partial charge in [0.05, 0.1) is 10.9 Å². The molecule has 3 rings (SSSR count). The van der Waals surface area contributed by atoms with Gasteiger partial charge >= 0.3 is 0 Å². The van der Waals surface area contributed by atoms with Crippen molar-refractivity contribution in [3.63, 3.8) is 0 Å². The van der Waals surface area contributed by atoms with Crippen molar-refractivity contribution in [2.24, 2.45) is 0 Å². The van der Waals surface area contributed by atoms with Crippen LogP contribution in [0.2, 0.25) is 5.28 Å². The van der Waals surface area contributed by atoms with Crippen molar-refractivity contribution in [1.29, 1.82) is 0 Å². The second kappa shape index (κ2) is 5.62. The van der Waals surface area contributed by atoms with Crippen molar-refractivity contribution in [3.8, 4) is 11.6 Å². The maximum atomic E-state index is 5.97. The fourth-order valence-corrected chi connectivity index (χ4v) is 2.57. The third kappa shape index (κ3) is 2.87. The van der Waals surface area contributed by atoms with E-state index in [-0.39, 0.29) is 5.28 Å². The number of aromatic nitrogens is 2. The normalized spacial score (nSPS) is 10.9. The molecule has 0 unspecified atom stereocenters. The highest BCUT2D eigenvalue weighted by molar-refractivity contribution is 9.10. The Balaban J connectivity index is 2.10. The van der Waals surface area contributed by atoms with Crippen LogP contribution in [0.4, 0.5) is 0 Å². The standard InChI is InChI=1S/C16H12BrClN2O/c1-9-7-11(8-10(2)14(9)17)21-15-12-5-3-4-6-13(12)19-16(18)20-15/h3-8H,1-2H3. The Bertz CT molecular complexity index is 813.